The van der Waals surface area contributed by atoms with Gasteiger partial charge in [-0.1, -0.05) is 13.0 Å². The highest BCUT2D eigenvalue weighted by Gasteiger charge is 1.94. The molecule has 0 unspecified atom stereocenters. The van der Waals surface area contributed by atoms with E-state index in [1.807, 2.05) is 6.92 Å². The van der Waals surface area contributed by atoms with Crippen molar-refractivity contribution in [2.45, 2.75) is 20.3 Å². The Morgan fingerprint density at radius 3 is 2.38 bits per heavy atom. The Morgan fingerprint density at radius 1 is 1.75 bits per heavy atom. The Balaban J connectivity index is 3.80. The van der Waals surface area contributed by atoms with Crippen molar-refractivity contribution in [3.63, 3.8) is 0 Å². The van der Waals surface area contributed by atoms with Gasteiger partial charge in [-0.25, -0.2) is 4.79 Å². The zero-order valence-electron chi connectivity index (χ0n) is 5.14. The van der Waals surface area contributed by atoms with Gasteiger partial charge in [0.2, 0.25) is 0 Å². The highest BCUT2D eigenvalue weighted by atomic mass is 16.4. The van der Waals surface area contributed by atoms with Crippen molar-refractivity contribution >= 4 is 5.97 Å². The Bertz CT molecular complexity index is 114. The van der Waals surface area contributed by atoms with E-state index in [0.29, 0.717) is 5.57 Å². The van der Waals surface area contributed by atoms with Gasteiger partial charge in [0, 0.05) is 5.57 Å². The molecule has 0 saturated heterocycles. The minimum absolute atomic E-state index is 0.424. The number of aliphatic carboxylic acids is 1. The van der Waals surface area contributed by atoms with Crippen molar-refractivity contribution in [3.8, 4) is 0 Å². The number of carbonyl (C=O) groups is 1. The fourth-order valence-electron chi connectivity index (χ4n) is 0.393. The first-order valence-corrected chi connectivity index (χ1v) is 2.58. The first-order chi connectivity index (χ1) is 3.68. The minimum Gasteiger partial charge on any atom is -0.478 e. The summed E-state index contributed by atoms with van der Waals surface area (Å²) in [5.41, 5.74) is 0.424. The molecule has 0 aromatic carbocycles. The van der Waals surface area contributed by atoms with Crippen LogP contribution in [0.15, 0.2) is 11.6 Å². The average Bonchev–Trinajstić information content (AvgIpc) is 1.67. The molecule has 46 valence electrons. The van der Waals surface area contributed by atoms with Gasteiger partial charge in [-0.05, 0) is 13.3 Å². The van der Waals surface area contributed by atoms with E-state index in [0.717, 1.165) is 6.42 Å². The molecule has 2 heteroatoms. The summed E-state index contributed by atoms with van der Waals surface area (Å²) in [6.45, 7) is 3.50. The van der Waals surface area contributed by atoms with E-state index in [-0.39, 0.29) is 0 Å². The molecule has 0 aliphatic heterocycles. The molecular formula is C6H10O2. The molecule has 0 aromatic heterocycles. The Morgan fingerprint density at radius 2 is 2.25 bits per heavy atom. The maximum absolute atomic E-state index is 10.0. The first kappa shape index (κ1) is 7.21. The van der Waals surface area contributed by atoms with Crippen LogP contribution in [0.3, 0.4) is 0 Å². The van der Waals surface area contributed by atoms with Crippen LogP contribution in [0, 0.1) is 0 Å². The van der Waals surface area contributed by atoms with Crippen LogP contribution in [-0.2, 0) is 4.79 Å². The van der Waals surface area contributed by atoms with Gasteiger partial charge in [0.25, 0.3) is 0 Å². The summed E-state index contributed by atoms with van der Waals surface area (Å²) in [7, 11) is 0. The fraction of sp³-hybridized carbons (Fsp3) is 0.500. The highest BCUT2D eigenvalue weighted by molar-refractivity contribution is 5.85. The number of rotatable bonds is 2. The van der Waals surface area contributed by atoms with Crippen molar-refractivity contribution < 1.29 is 9.90 Å². The molecule has 0 atom stereocenters. The van der Waals surface area contributed by atoms with Crippen molar-refractivity contribution in [1.29, 1.82) is 0 Å². The summed E-state index contributed by atoms with van der Waals surface area (Å²) >= 11 is 0. The third-order valence-electron chi connectivity index (χ3n) is 0.848. The second kappa shape index (κ2) is 3.24. The SMILES string of the molecule is CC/C=C(/C)C(=O)O. The van der Waals surface area contributed by atoms with E-state index < -0.39 is 5.97 Å². The quantitative estimate of drug-likeness (QED) is 0.551. The van der Waals surface area contributed by atoms with Crippen LogP contribution in [0.1, 0.15) is 20.3 Å². The Hall–Kier alpha value is -0.790. The van der Waals surface area contributed by atoms with E-state index in [1.54, 1.807) is 13.0 Å². The number of hydrogen-bond donors (Lipinski definition) is 1. The number of hydrogen-bond acceptors (Lipinski definition) is 1. The predicted molar refractivity (Wildman–Crippen MR) is 31.7 cm³/mol. The van der Waals surface area contributed by atoms with E-state index >= 15 is 0 Å². The third-order valence-corrected chi connectivity index (χ3v) is 0.848. The Kier molecular flexibility index (Phi) is 2.92. The average molecular weight is 114 g/mol. The lowest BCUT2D eigenvalue weighted by atomic mass is 10.2. The highest BCUT2D eigenvalue weighted by Crippen LogP contribution is 1.92. The normalized spacial score (nSPS) is 11.5. The van der Waals surface area contributed by atoms with Crippen LogP contribution in [0.2, 0.25) is 0 Å². The van der Waals surface area contributed by atoms with Gasteiger partial charge in [-0.3, -0.25) is 0 Å². The molecule has 2 nitrogen and oxygen atoms in total. The van der Waals surface area contributed by atoms with Crippen LogP contribution in [0.25, 0.3) is 0 Å². The summed E-state index contributed by atoms with van der Waals surface area (Å²) in [6.07, 6.45) is 2.47. The molecule has 0 aliphatic carbocycles. The molecule has 8 heavy (non-hydrogen) atoms. The lowest BCUT2D eigenvalue weighted by molar-refractivity contribution is -0.132. The maximum Gasteiger partial charge on any atom is 0.330 e. The molecule has 0 fully saturated rings. The van der Waals surface area contributed by atoms with Crippen molar-refractivity contribution in [3.05, 3.63) is 11.6 Å². The molecule has 0 aromatic rings. The Labute approximate surface area is 48.8 Å². The topological polar surface area (TPSA) is 37.3 Å². The van der Waals surface area contributed by atoms with Gasteiger partial charge in [0.05, 0.1) is 0 Å². The minimum atomic E-state index is -0.827. The van der Waals surface area contributed by atoms with Crippen LogP contribution in [0.4, 0.5) is 0 Å². The van der Waals surface area contributed by atoms with Crippen LogP contribution in [0.5, 0.6) is 0 Å². The van der Waals surface area contributed by atoms with Crippen molar-refractivity contribution in [2.24, 2.45) is 0 Å². The number of carboxylic acids is 1. The lowest BCUT2D eigenvalue weighted by Gasteiger charge is -1.87. The molecular weight excluding hydrogens is 104 g/mol. The van der Waals surface area contributed by atoms with Crippen molar-refractivity contribution in [2.75, 3.05) is 0 Å². The van der Waals surface area contributed by atoms with Crippen LogP contribution < -0.4 is 0 Å². The first-order valence-electron chi connectivity index (χ1n) is 2.58. The number of allylic oxidation sites excluding steroid dienone is 1. The molecule has 0 heterocycles. The van der Waals surface area contributed by atoms with Gasteiger partial charge < -0.3 is 5.11 Å². The molecule has 0 bridgehead atoms. The van der Waals surface area contributed by atoms with E-state index in [1.165, 1.54) is 0 Å². The van der Waals surface area contributed by atoms with Gasteiger partial charge in [-0.15, -0.1) is 0 Å². The zero-order valence-corrected chi connectivity index (χ0v) is 5.14. The van der Waals surface area contributed by atoms with Gasteiger partial charge in [0.15, 0.2) is 0 Å². The molecule has 0 spiro atoms. The predicted octanol–water partition coefficient (Wildman–Crippen LogP) is 1.43. The summed E-state index contributed by atoms with van der Waals surface area (Å²) in [6, 6.07) is 0. The monoisotopic (exact) mass is 114 g/mol. The zero-order chi connectivity index (χ0) is 6.57. The summed E-state index contributed by atoms with van der Waals surface area (Å²) in [4.78, 5) is 10.0. The second-order valence-corrected chi connectivity index (χ2v) is 1.60. The summed E-state index contributed by atoms with van der Waals surface area (Å²) < 4.78 is 0. The smallest absolute Gasteiger partial charge is 0.330 e. The van der Waals surface area contributed by atoms with E-state index in [4.69, 9.17) is 5.11 Å². The molecule has 0 rings (SSSR count). The summed E-state index contributed by atoms with van der Waals surface area (Å²) in [5.74, 6) is -0.827. The van der Waals surface area contributed by atoms with Crippen LogP contribution >= 0.6 is 0 Å². The molecule has 1 N–H and O–H groups in total. The van der Waals surface area contributed by atoms with E-state index in [2.05, 4.69) is 0 Å². The number of carboxylic acid groups (broad SMARTS) is 1. The maximum atomic E-state index is 10.0. The molecule has 0 aliphatic rings. The van der Waals surface area contributed by atoms with Gasteiger partial charge >= 0.3 is 5.97 Å². The molecule has 0 amide bonds. The summed E-state index contributed by atoms with van der Waals surface area (Å²) in [5, 5.41) is 8.24. The fourth-order valence-corrected chi connectivity index (χ4v) is 0.393. The molecule has 0 radical (unpaired) electrons. The largest absolute Gasteiger partial charge is 0.478 e. The lowest BCUT2D eigenvalue weighted by Crippen LogP contribution is -1.94. The van der Waals surface area contributed by atoms with E-state index in [9.17, 15) is 4.79 Å². The van der Waals surface area contributed by atoms with Crippen LogP contribution in [-0.4, -0.2) is 11.1 Å². The molecule has 0 saturated carbocycles. The standard InChI is InChI=1S/C6H10O2/c1-3-4-5(2)6(7)8/h4H,3H2,1-2H3,(H,7,8)/b5-4-. The third kappa shape index (κ3) is 2.39. The van der Waals surface area contributed by atoms with Crippen molar-refractivity contribution in [1.82, 2.24) is 0 Å². The van der Waals surface area contributed by atoms with Gasteiger partial charge in [0.1, 0.15) is 0 Å². The van der Waals surface area contributed by atoms with Gasteiger partial charge in [-0.2, -0.15) is 0 Å². The second-order valence-electron chi connectivity index (χ2n) is 1.60.